The molecule has 3 nitrogen and oxygen atoms in total. The van der Waals surface area contributed by atoms with Crippen LogP contribution in [0, 0.1) is 0 Å². The van der Waals surface area contributed by atoms with Gasteiger partial charge in [0.2, 0.25) is 0 Å². The Kier molecular flexibility index (Phi) is 5.84. The number of thioether (sulfide) groups is 1. The third-order valence-corrected chi connectivity index (χ3v) is 5.50. The average Bonchev–Trinajstić information content (AvgIpc) is 2.85. The molecule has 1 fully saturated rings. The Labute approximate surface area is 169 Å². The minimum atomic E-state index is -0.153. The minimum absolute atomic E-state index is 0.153. The molecule has 0 N–H and O–H groups in total. The van der Waals surface area contributed by atoms with Gasteiger partial charge < -0.3 is 4.74 Å². The van der Waals surface area contributed by atoms with Gasteiger partial charge in [0.15, 0.2) is 4.32 Å². The summed E-state index contributed by atoms with van der Waals surface area (Å²) in [4.78, 5) is 14.9. The molecular weight excluding hydrogens is 442 g/mol. The Morgan fingerprint density at radius 3 is 2.68 bits per heavy atom. The summed E-state index contributed by atoms with van der Waals surface area (Å²) in [7, 11) is 0. The molecule has 25 heavy (non-hydrogen) atoms. The highest BCUT2D eigenvalue weighted by Gasteiger charge is 2.33. The van der Waals surface area contributed by atoms with E-state index in [-0.39, 0.29) is 5.91 Å². The smallest absolute Gasteiger partial charge is 0.270 e. The van der Waals surface area contributed by atoms with Crippen LogP contribution < -0.4 is 9.64 Å². The highest BCUT2D eigenvalue weighted by Crippen LogP contribution is 2.37. The number of benzene rings is 2. The molecule has 2 aromatic rings. The number of hydrogen-bond donors (Lipinski definition) is 0. The molecule has 0 saturated carbocycles. The molecule has 1 saturated heterocycles. The summed E-state index contributed by atoms with van der Waals surface area (Å²) in [5.41, 5.74) is 1.50. The SMILES string of the molecule is CCOc1ccc(Cl)cc1C=C1SC(=S)N(c2ccc(Br)cc2)C1=O. The zero-order chi connectivity index (χ0) is 18.0. The second-order valence-corrected chi connectivity index (χ2v) is 8.14. The third kappa shape index (κ3) is 4.08. The fourth-order valence-electron chi connectivity index (χ4n) is 2.34. The maximum absolute atomic E-state index is 12.8. The normalized spacial score (nSPS) is 16.0. The van der Waals surface area contributed by atoms with Gasteiger partial charge in [-0.15, -0.1) is 0 Å². The molecule has 0 aliphatic carbocycles. The van der Waals surface area contributed by atoms with Gasteiger partial charge in [-0.2, -0.15) is 0 Å². The number of halogens is 2. The molecule has 1 aliphatic heterocycles. The molecule has 1 aliphatic rings. The molecule has 1 heterocycles. The Morgan fingerprint density at radius 1 is 1.28 bits per heavy atom. The predicted molar refractivity (Wildman–Crippen MR) is 112 cm³/mol. The van der Waals surface area contributed by atoms with Gasteiger partial charge in [-0.1, -0.05) is 51.5 Å². The van der Waals surface area contributed by atoms with Crippen molar-refractivity contribution in [3.63, 3.8) is 0 Å². The van der Waals surface area contributed by atoms with E-state index in [4.69, 9.17) is 28.6 Å². The number of carbonyl (C=O) groups excluding carboxylic acids is 1. The maximum atomic E-state index is 12.8. The van der Waals surface area contributed by atoms with Crippen LogP contribution in [0.25, 0.3) is 6.08 Å². The van der Waals surface area contributed by atoms with E-state index < -0.39 is 0 Å². The highest BCUT2D eigenvalue weighted by molar-refractivity contribution is 9.10. The van der Waals surface area contributed by atoms with Crippen molar-refractivity contribution in [2.24, 2.45) is 0 Å². The lowest BCUT2D eigenvalue weighted by molar-refractivity contribution is -0.113. The first-order valence-corrected chi connectivity index (χ1v) is 9.85. The number of ether oxygens (including phenoxy) is 1. The van der Waals surface area contributed by atoms with Gasteiger partial charge >= 0.3 is 0 Å². The van der Waals surface area contributed by atoms with Crippen LogP contribution >= 0.6 is 51.5 Å². The fourth-order valence-corrected chi connectivity index (χ4v) is 4.08. The van der Waals surface area contributed by atoms with Crippen molar-refractivity contribution in [3.05, 3.63) is 62.4 Å². The van der Waals surface area contributed by atoms with Gasteiger partial charge in [0.1, 0.15) is 5.75 Å². The van der Waals surface area contributed by atoms with Crippen LogP contribution in [0.2, 0.25) is 5.02 Å². The summed E-state index contributed by atoms with van der Waals surface area (Å²) >= 11 is 16.1. The Hall–Kier alpha value is -1.34. The maximum Gasteiger partial charge on any atom is 0.270 e. The summed E-state index contributed by atoms with van der Waals surface area (Å²) in [5, 5.41) is 0.582. The number of anilines is 1. The van der Waals surface area contributed by atoms with Crippen LogP contribution in [0.3, 0.4) is 0 Å². The lowest BCUT2D eigenvalue weighted by atomic mass is 10.2. The van der Waals surface area contributed by atoms with Crippen molar-refractivity contribution in [1.29, 1.82) is 0 Å². The van der Waals surface area contributed by atoms with Crippen molar-refractivity contribution in [2.75, 3.05) is 11.5 Å². The van der Waals surface area contributed by atoms with Crippen molar-refractivity contribution in [1.82, 2.24) is 0 Å². The molecule has 0 unspecified atom stereocenters. The molecule has 128 valence electrons. The van der Waals surface area contributed by atoms with Crippen LogP contribution in [0.1, 0.15) is 12.5 Å². The number of thiocarbonyl (C=S) groups is 1. The molecule has 7 heteroatoms. The monoisotopic (exact) mass is 453 g/mol. The van der Waals surface area contributed by atoms with Crippen LogP contribution in [0.15, 0.2) is 51.8 Å². The number of carbonyl (C=O) groups is 1. The predicted octanol–water partition coefficient (Wildman–Crippen LogP) is 5.91. The first-order chi connectivity index (χ1) is 12.0. The van der Waals surface area contributed by atoms with E-state index in [1.807, 2.05) is 31.2 Å². The highest BCUT2D eigenvalue weighted by atomic mass is 79.9. The lowest BCUT2D eigenvalue weighted by Crippen LogP contribution is -2.27. The molecule has 0 atom stereocenters. The summed E-state index contributed by atoms with van der Waals surface area (Å²) in [5.74, 6) is 0.528. The third-order valence-electron chi connectivity index (χ3n) is 3.44. The number of nitrogens with zero attached hydrogens (tertiary/aromatic N) is 1. The van der Waals surface area contributed by atoms with Gasteiger partial charge in [-0.05, 0) is 55.5 Å². The summed E-state index contributed by atoms with van der Waals surface area (Å²) in [6, 6.07) is 12.8. The quantitative estimate of drug-likeness (QED) is 0.424. The number of hydrogen-bond acceptors (Lipinski definition) is 4. The van der Waals surface area contributed by atoms with Gasteiger partial charge in [0.05, 0.1) is 17.2 Å². The van der Waals surface area contributed by atoms with Crippen LogP contribution in [-0.2, 0) is 4.79 Å². The number of amides is 1. The van der Waals surface area contributed by atoms with Crippen molar-refractivity contribution < 1.29 is 9.53 Å². The van der Waals surface area contributed by atoms with Gasteiger partial charge in [0, 0.05) is 15.1 Å². The van der Waals surface area contributed by atoms with E-state index >= 15 is 0 Å². The molecule has 2 aromatic carbocycles. The average molecular weight is 455 g/mol. The van der Waals surface area contributed by atoms with E-state index in [0.29, 0.717) is 26.6 Å². The summed E-state index contributed by atoms with van der Waals surface area (Å²) < 4.78 is 7.05. The van der Waals surface area contributed by atoms with E-state index in [1.54, 1.807) is 24.3 Å². The first-order valence-electron chi connectivity index (χ1n) is 7.45. The Balaban J connectivity index is 1.96. The van der Waals surface area contributed by atoms with Gasteiger partial charge in [-0.3, -0.25) is 9.69 Å². The molecular formula is C18H13BrClNO2S2. The van der Waals surface area contributed by atoms with Crippen molar-refractivity contribution >= 4 is 73.5 Å². The van der Waals surface area contributed by atoms with Crippen LogP contribution in [0.5, 0.6) is 5.75 Å². The Bertz CT molecular complexity index is 868. The lowest BCUT2D eigenvalue weighted by Gasteiger charge is -2.14. The molecule has 0 bridgehead atoms. The van der Waals surface area contributed by atoms with E-state index in [2.05, 4.69) is 15.9 Å². The zero-order valence-electron chi connectivity index (χ0n) is 13.2. The van der Waals surface area contributed by atoms with Crippen molar-refractivity contribution in [3.8, 4) is 5.75 Å². The van der Waals surface area contributed by atoms with Crippen molar-refractivity contribution in [2.45, 2.75) is 6.92 Å². The molecule has 1 amide bonds. The number of rotatable bonds is 4. The standard InChI is InChI=1S/C18H13BrClNO2S2/c1-2-23-15-8-5-13(20)9-11(15)10-16-17(22)21(18(24)25-16)14-6-3-12(19)4-7-14/h3-10H,2H2,1H3. The molecule has 0 radical (unpaired) electrons. The van der Waals surface area contributed by atoms with Crippen LogP contribution in [0.4, 0.5) is 5.69 Å². The van der Waals surface area contributed by atoms with Gasteiger partial charge in [0.25, 0.3) is 5.91 Å². The second-order valence-electron chi connectivity index (χ2n) is 5.11. The summed E-state index contributed by atoms with van der Waals surface area (Å²) in [6.07, 6.45) is 1.77. The fraction of sp³-hybridized carbons (Fsp3) is 0.111. The summed E-state index contributed by atoms with van der Waals surface area (Å²) in [6.45, 7) is 2.44. The molecule has 3 rings (SSSR count). The van der Waals surface area contributed by atoms with E-state index in [9.17, 15) is 4.79 Å². The van der Waals surface area contributed by atoms with E-state index in [1.165, 1.54) is 16.7 Å². The second kappa shape index (κ2) is 7.91. The Morgan fingerprint density at radius 2 is 2.00 bits per heavy atom. The topological polar surface area (TPSA) is 29.5 Å². The molecule has 0 spiro atoms. The largest absolute Gasteiger partial charge is 0.493 e. The molecule has 0 aromatic heterocycles. The van der Waals surface area contributed by atoms with Crippen LogP contribution in [-0.4, -0.2) is 16.8 Å². The van der Waals surface area contributed by atoms with Gasteiger partial charge in [-0.25, -0.2) is 0 Å². The first kappa shape index (κ1) is 18.5. The zero-order valence-corrected chi connectivity index (χ0v) is 17.1. The van der Waals surface area contributed by atoms with E-state index in [0.717, 1.165) is 15.7 Å². The minimum Gasteiger partial charge on any atom is -0.493 e.